The Kier molecular flexibility index (Phi) is 21.8. The van der Waals surface area contributed by atoms with Gasteiger partial charge in [0, 0.05) is 13.0 Å². The van der Waals surface area contributed by atoms with Crippen LogP contribution >= 0.6 is 0 Å². The largest absolute Gasteiger partial charge is 0.466 e. The van der Waals surface area contributed by atoms with Gasteiger partial charge < -0.3 is 9.84 Å². The lowest BCUT2D eigenvalue weighted by Gasteiger charge is -2.09. The molecule has 0 aliphatic rings. The predicted molar refractivity (Wildman–Crippen MR) is 121 cm³/mol. The van der Waals surface area contributed by atoms with Crippen molar-refractivity contribution in [1.29, 1.82) is 0 Å². The Hall–Kier alpha value is -0.830. The molecular weight excluding hydrogens is 348 g/mol. The van der Waals surface area contributed by atoms with Crippen LogP contribution in [0.25, 0.3) is 0 Å². The summed E-state index contributed by atoms with van der Waals surface area (Å²) in [6.07, 6.45) is 24.0. The monoisotopic (exact) mass is 396 g/mol. The molecular formula is C25H48O3. The molecule has 3 nitrogen and oxygen atoms in total. The number of aliphatic hydroxyl groups excluding tert-OH is 1. The fourth-order valence-electron chi connectivity index (χ4n) is 3.40. The number of hydrogen-bond donors (Lipinski definition) is 1. The van der Waals surface area contributed by atoms with E-state index >= 15 is 0 Å². The summed E-state index contributed by atoms with van der Waals surface area (Å²) in [5.74, 6) is 0.301. The van der Waals surface area contributed by atoms with E-state index in [1.165, 1.54) is 51.4 Å². The zero-order valence-corrected chi connectivity index (χ0v) is 18.9. The molecule has 0 aliphatic carbocycles. The average molecular weight is 397 g/mol. The van der Waals surface area contributed by atoms with E-state index in [0.29, 0.717) is 18.9 Å². The molecule has 1 unspecified atom stereocenters. The molecule has 1 atom stereocenters. The summed E-state index contributed by atoms with van der Waals surface area (Å²) in [6.45, 7) is 5.29. The molecule has 0 aliphatic heterocycles. The van der Waals surface area contributed by atoms with Crippen LogP contribution in [0, 0.1) is 5.92 Å². The van der Waals surface area contributed by atoms with Gasteiger partial charge in [-0.1, -0.05) is 96.6 Å². The maximum absolute atomic E-state index is 11.6. The van der Waals surface area contributed by atoms with Crippen molar-refractivity contribution in [3.63, 3.8) is 0 Å². The summed E-state index contributed by atoms with van der Waals surface area (Å²) in [5, 5.41) is 9.50. The molecule has 0 heterocycles. The second-order valence-corrected chi connectivity index (χ2v) is 8.16. The topological polar surface area (TPSA) is 46.5 Å². The van der Waals surface area contributed by atoms with Crippen molar-refractivity contribution in [2.75, 3.05) is 13.2 Å². The summed E-state index contributed by atoms with van der Waals surface area (Å²) < 4.78 is 5.26. The minimum absolute atomic E-state index is 0.0307. The number of rotatable bonds is 21. The molecule has 3 heteroatoms. The third-order valence-corrected chi connectivity index (χ3v) is 5.33. The van der Waals surface area contributed by atoms with E-state index in [4.69, 9.17) is 4.74 Å². The Balaban J connectivity index is 3.48. The van der Waals surface area contributed by atoms with Crippen LogP contribution in [0.15, 0.2) is 12.2 Å². The van der Waals surface area contributed by atoms with Crippen molar-refractivity contribution in [3.8, 4) is 0 Å². The zero-order chi connectivity index (χ0) is 20.7. The quantitative estimate of drug-likeness (QED) is 0.125. The molecule has 0 rings (SSSR count). The van der Waals surface area contributed by atoms with Gasteiger partial charge in [-0.2, -0.15) is 0 Å². The van der Waals surface area contributed by atoms with E-state index in [2.05, 4.69) is 26.0 Å². The number of aliphatic hydroxyl groups is 1. The Morgan fingerprint density at radius 1 is 0.821 bits per heavy atom. The van der Waals surface area contributed by atoms with Crippen LogP contribution in [0.3, 0.4) is 0 Å². The summed E-state index contributed by atoms with van der Waals surface area (Å²) in [6, 6.07) is 0. The van der Waals surface area contributed by atoms with Gasteiger partial charge >= 0.3 is 5.97 Å². The van der Waals surface area contributed by atoms with Gasteiger partial charge in [0.15, 0.2) is 0 Å². The minimum Gasteiger partial charge on any atom is -0.466 e. The number of carbonyl (C=O) groups excluding carboxylic acids is 1. The maximum atomic E-state index is 11.6. The van der Waals surface area contributed by atoms with E-state index in [1.807, 2.05) is 0 Å². The van der Waals surface area contributed by atoms with Crippen LogP contribution in [0.2, 0.25) is 0 Å². The van der Waals surface area contributed by atoms with Crippen molar-refractivity contribution in [1.82, 2.24) is 0 Å². The van der Waals surface area contributed by atoms with E-state index < -0.39 is 0 Å². The normalized spacial score (nSPS) is 12.5. The molecule has 28 heavy (non-hydrogen) atoms. The van der Waals surface area contributed by atoms with Gasteiger partial charge in [-0.3, -0.25) is 4.79 Å². The summed E-state index contributed by atoms with van der Waals surface area (Å²) >= 11 is 0. The molecule has 166 valence electrons. The van der Waals surface area contributed by atoms with Crippen molar-refractivity contribution in [2.45, 2.75) is 123 Å². The van der Waals surface area contributed by atoms with Gasteiger partial charge in [0.25, 0.3) is 0 Å². The SMILES string of the molecule is CCCCCCCCC(/C=C/CCCCCCC(=O)OCCCCCC)CO. The first-order valence-electron chi connectivity index (χ1n) is 12.2. The minimum atomic E-state index is -0.0307. The fourth-order valence-corrected chi connectivity index (χ4v) is 3.40. The molecule has 0 radical (unpaired) electrons. The van der Waals surface area contributed by atoms with E-state index in [9.17, 15) is 9.90 Å². The highest BCUT2D eigenvalue weighted by Gasteiger charge is 2.03. The number of unbranched alkanes of at least 4 members (excludes halogenated alkanes) is 12. The Labute approximate surface area is 175 Å². The second kappa shape index (κ2) is 22.5. The van der Waals surface area contributed by atoms with Gasteiger partial charge in [0.2, 0.25) is 0 Å². The highest BCUT2D eigenvalue weighted by molar-refractivity contribution is 5.69. The average Bonchev–Trinajstić information content (AvgIpc) is 2.70. The van der Waals surface area contributed by atoms with Crippen LogP contribution in [0.1, 0.15) is 123 Å². The Morgan fingerprint density at radius 2 is 1.43 bits per heavy atom. The first-order valence-corrected chi connectivity index (χ1v) is 12.2. The zero-order valence-electron chi connectivity index (χ0n) is 18.9. The molecule has 0 aromatic carbocycles. The van der Waals surface area contributed by atoms with Gasteiger partial charge in [0.05, 0.1) is 6.61 Å². The summed E-state index contributed by atoms with van der Waals surface area (Å²) in [7, 11) is 0. The number of allylic oxidation sites excluding steroid dienone is 1. The maximum Gasteiger partial charge on any atom is 0.305 e. The number of ether oxygens (including phenoxy) is 1. The molecule has 0 fully saturated rings. The van der Waals surface area contributed by atoms with Crippen LogP contribution in [0.4, 0.5) is 0 Å². The van der Waals surface area contributed by atoms with E-state index in [1.54, 1.807) is 0 Å². The van der Waals surface area contributed by atoms with Crippen molar-refractivity contribution in [2.24, 2.45) is 5.92 Å². The molecule has 1 N–H and O–H groups in total. The lowest BCUT2D eigenvalue weighted by Crippen LogP contribution is -2.05. The van der Waals surface area contributed by atoms with Gasteiger partial charge in [0.1, 0.15) is 0 Å². The van der Waals surface area contributed by atoms with Crippen molar-refractivity contribution >= 4 is 5.97 Å². The predicted octanol–water partition coefficient (Wildman–Crippen LogP) is 7.37. The first kappa shape index (κ1) is 27.2. The molecule has 0 aromatic heterocycles. The van der Waals surface area contributed by atoms with Crippen molar-refractivity contribution in [3.05, 3.63) is 12.2 Å². The molecule has 0 saturated heterocycles. The molecule has 0 amide bonds. The Bertz CT molecular complexity index is 352. The Morgan fingerprint density at radius 3 is 2.14 bits per heavy atom. The van der Waals surface area contributed by atoms with E-state index in [0.717, 1.165) is 51.4 Å². The van der Waals surface area contributed by atoms with Crippen LogP contribution < -0.4 is 0 Å². The summed E-state index contributed by atoms with van der Waals surface area (Å²) in [4.78, 5) is 11.6. The molecule has 0 bridgehead atoms. The lowest BCUT2D eigenvalue weighted by molar-refractivity contribution is -0.143. The number of esters is 1. The van der Waals surface area contributed by atoms with Crippen LogP contribution in [-0.4, -0.2) is 24.3 Å². The van der Waals surface area contributed by atoms with Gasteiger partial charge in [-0.05, 0) is 38.0 Å². The fraction of sp³-hybridized carbons (Fsp3) is 0.880. The van der Waals surface area contributed by atoms with Crippen LogP contribution in [0.5, 0.6) is 0 Å². The molecule has 0 aromatic rings. The van der Waals surface area contributed by atoms with Gasteiger partial charge in [-0.25, -0.2) is 0 Å². The van der Waals surface area contributed by atoms with E-state index in [-0.39, 0.29) is 12.6 Å². The third-order valence-electron chi connectivity index (χ3n) is 5.33. The first-order chi connectivity index (χ1) is 13.7. The summed E-state index contributed by atoms with van der Waals surface area (Å²) in [5.41, 5.74) is 0. The smallest absolute Gasteiger partial charge is 0.305 e. The lowest BCUT2D eigenvalue weighted by atomic mass is 9.99. The molecule has 0 saturated carbocycles. The number of carbonyl (C=O) groups is 1. The molecule has 0 spiro atoms. The van der Waals surface area contributed by atoms with Crippen LogP contribution in [-0.2, 0) is 9.53 Å². The second-order valence-electron chi connectivity index (χ2n) is 8.16. The number of hydrogen-bond acceptors (Lipinski definition) is 3. The van der Waals surface area contributed by atoms with Gasteiger partial charge in [-0.15, -0.1) is 0 Å². The van der Waals surface area contributed by atoms with Crippen molar-refractivity contribution < 1.29 is 14.6 Å². The standard InChI is InChI=1S/C25H48O3/c1-3-5-7-9-12-15-19-24(23-26)20-16-13-10-11-14-17-21-25(27)28-22-18-8-6-4-2/h16,20,24,26H,3-15,17-19,21-23H2,1-2H3/b20-16+. The highest BCUT2D eigenvalue weighted by atomic mass is 16.5. The third kappa shape index (κ3) is 19.9. The highest BCUT2D eigenvalue weighted by Crippen LogP contribution is 2.14.